The van der Waals surface area contributed by atoms with Gasteiger partial charge in [-0.3, -0.25) is 14.4 Å². The number of carbonyl (C=O) groups excluding carboxylic acids is 3. The van der Waals surface area contributed by atoms with Gasteiger partial charge in [-0.15, -0.1) is 0 Å². The highest BCUT2D eigenvalue weighted by Gasteiger charge is 2.22. The lowest BCUT2D eigenvalue weighted by Gasteiger charge is -2.29. The van der Waals surface area contributed by atoms with E-state index < -0.39 is 0 Å². The largest absolute Gasteiger partial charge is 0.462 e. The van der Waals surface area contributed by atoms with Crippen molar-refractivity contribution in [2.45, 2.75) is 325 Å². The van der Waals surface area contributed by atoms with Gasteiger partial charge in [-0.05, 0) is 89.4 Å². The molecule has 6 nitrogen and oxygen atoms in total. The van der Waals surface area contributed by atoms with Gasteiger partial charge in [0.1, 0.15) is 12.2 Å². The van der Waals surface area contributed by atoms with E-state index in [9.17, 15) is 14.4 Å². The SMILES string of the molecule is C.CC.CCCCCCCC(CCCCCCC)OC(=O)CCCC(CCCC(=O)OC(CCCCCCC)CCCCCCC)N(C)C(=O)CCCCCC(C)CCCC. The van der Waals surface area contributed by atoms with Crippen LogP contribution in [0.5, 0.6) is 0 Å². The van der Waals surface area contributed by atoms with Crippen LogP contribution in [0.2, 0.25) is 0 Å². The van der Waals surface area contributed by atoms with Gasteiger partial charge in [0, 0.05) is 32.4 Å². The number of unbranched alkanes of at least 4 members (excludes halogenated alkanes) is 19. The van der Waals surface area contributed by atoms with Gasteiger partial charge < -0.3 is 14.4 Å². The van der Waals surface area contributed by atoms with E-state index in [1.165, 1.54) is 135 Å². The van der Waals surface area contributed by atoms with Crippen molar-refractivity contribution in [3.63, 3.8) is 0 Å². The molecule has 0 aliphatic carbocycles. The number of rotatable bonds is 44. The van der Waals surface area contributed by atoms with Crippen LogP contribution in [-0.2, 0) is 23.9 Å². The maximum absolute atomic E-state index is 13.5. The third kappa shape index (κ3) is 42.1. The molecule has 1 unspecified atom stereocenters. The van der Waals surface area contributed by atoms with Gasteiger partial charge in [0.05, 0.1) is 0 Å². The molecule has 1 atom stereocenters. The lowest BCUT2D eigenvalue weighted by Crippen LogP contribution is -2.37. The van der Waals surface area contributed by atoms with Crippen molar-refractivity contribution in [1.29, 1.82) is 0 Å². The van der Waals surface area contributed by atoms with Crippen LogP contribution in [0.25, 0.3) is 0 Å². The van der Waals surface area contributed by atoms with Crippen molar-refractivity contribution in [2.75, 3.05) is 7.05 Å². The van der Waals surface area contributed by atoms with Gasteiger partial charge in [0.25, 0.3) is 0 Å². The zero-order chi connectivity index (χ0) is 44.9. The molecule has 0 rings (SSSR count). The van der Waals surface area contributed by atoms with Crippen LogP contribution in [0.1, 0.15) is 307 Å². The quantitative estimate of drug-likeness (QED) is 0.0451. The molecule has 6 heteroatoms. The number of carbonyl (C=O) groups is 3. The summed E-state index contributed by atoms with van der Waals surface area (Å²) in [7, 11) is 1.94. The molecule has 0 aromatic carbocycles. The minimum absolute atomic E-state index is 0. The zero-order valence-corrected chi connectivity index (χ0v) is 42.2. The summed E-state index contributed by atoms with van der Waals surface area (Å²) in [5.74, 6) is 0.769. The molecule has 0 N–H and O–H groups in total. The smallest absolute Gasteiger partial charge is 0.306 e. The van der Waals surface area contributed by atoms with Crippen LogP contribution in [0, 0.1) is 5.92 Å². The predicted molar refractivity (Wildman–Crippen MR) is 267 cm³/mol. The van der Waals surface area contributed by atoms with Crippen molar-refractivity contribution in [3.05, 3.63) is 0 Å². The molecule has 61 heavy (non-hydrogen) atoms. The Morgan fingerprint density at radius 2 is 0.705 bits per heavy atom. The Balaban J connectivity index is -0.0000110. The average Bonchev–Trinajstić information content (AvgIpc) is 3.24. The Morgan fingerprint density at radius 1 is 0.393 bits per heavy atom. The lowest BCUT2D eigenvalue weighted by molar-refractivity contribution is -0.150. The fourth-order valence-electron chi connectivity index (χ4n) is 8.43. The normalized spacial score (nSPS) is 11.7. The van der Waals surface area contributed by atoms with Crippen LogP contribution in [0.4, 0.5) is 0 Å². The second-order valence-electron chi connectivity index (χ2n) is 18.3. The van der Waals surface area contributed by atoms with E-state index in [1.807, 2.05) is 25.8 Å². The second kappa shape index (κ2) is 49.4. The third-order valence-corrected chi connectivity index (χ3v) is 12.5. The molecule has 0 spiro atoms. The summed E-state index contributed by atoms with van der Waals surface area (Å²) in [4.78, 5) is 41.9. The van der Waals surface area contributed by atoms with Crippen LogP contribution in [0.3, 0.4) is 0 Å². The third-order valence-electron chi connectivity index (χ3n) is 12.5. The minimum atomic E-state index is -0.0907. The number of nitrogens with zero attached hydrogens (tertiary/aromatic N) is 1. The molecule has 0 saturated carbocycles. The summed E-state index contributed by atoms with van der Waals surface area (Å²) in [6, 6.07) is 0.00280. The molecule has 0 aliphatic rings. The fourth-order valence-corrected chi connectivity index (χ4v) is 8.43. The highest BCUT2D eigenvalue weighted by atomic mass is 16.5. The highest BCUT2D eigenvalue weighted by Crippen LogP contribution is 2.23. The topological polar surface area (TPSA) is 72.9 Å². The maximum Gasteiger partial charge on any atom is 0.306 e. The van der Waals surface area contributed by atoms with Crippen molar-refractivity contribution < 1.29 is 23.9 Å². The van der Waals surface area contributed by atoms with E-state index >= 15 is 0 Å². The van der Waals surface area contributed by atoms with E-state index in [0.29, 0.717) is 32.1 Å². The monoisotopic (exact) mass is 866 g/mol. The van der Waals surface area contributed by atoms with E-state index in [1.54, 1.807) is 0 Å². The van der Waals surface area contributed by atoms with E-state index in [-0.39, 0.29) is 43.5 Å². The summed E-state index contributed by atoms with van der Waals surface area (Å²) in [5, 5.41) is 0. The number of hydrogen-bond acceptors (Lipinski definition) is 5. The van der Waals surface area contributed by atoms with Gasteiger partial charge in [0.15, 0.2) is 0 Å². The lowest BCUT2D eigenvalue weighted by atomic mass is 9.97. The van der Waals surface area contributed by atoms with Crippen LogP contribution in [0.15, 0.2) is 0 Å². The minimum Gasteiger partial charge on any atom is -0.462 e. The van der Waals surface area contributed by atoms with E-state index in [4.69, 9.17) is 9.47 Å². The first-order valence-electron chi connectivity index (χ1n) is 26.9. The molecule has 0 aliphatic heterocycles. The van der Waals surface area contributed by atoms with Crippen molar-refractivity contribution in [1.82, 2.24) is 4.90 Å². The van der Waals surface area contributed by atoms with Gasteiger partial charge in [-0.1, -0.05) is 204 Å². The highest BCUT2D eigenvalue weighted by molar-refractivity contribution is 5.76. The first kappa shape index (κ1) is 63.7. The number of ether oxygens (including phenoxy) is 2. The molecule has 0 aromatic heterocycles. The van der Waals surface area contributed by atoms with Gasteiger partial charge in [0.2, 0.25) is 5.91 Å². The molecular weight excluding hydrogens is 755 g/mol. The standard InChI is InChI=1S/C52H101NO5.C2H6.CH4/c1-8-13-18-22-28-39-48(40-29-23-19-14-9-2)57-51(55)44-33-37-47(53(7)50(54)43-32-26-27-36-46(6)35-17-12-5)38-34-45-52(56)58-49(41-30-24-20-15-10-3)42-31-25-21-16-11-4;1-2;/h46-49H,8-45H2,1-7H3;1-2H3;1H4. The molecule has 0 aromatic rings. The van der Waals surface area contributed by atoms with Crippen LogP contribution in [-0.4, -0.2) is 48.0 Å². The maximum atomic E-state index is 13.5. The predicted octanol–water partition coefficient (Wildman–Crippen LogP) is 17.9. The molecule has 1 amide bonds. The number of amides is 1. The van der Waals surface area contributed by atoms with Crippen LogP contribution >= 0.6 is 0 Å². The summed E-state index contributed by atoms with van der Waals surface area (Å²) >= 11 is 0. The Bertz CT molecular complexity index is 844. The molecule has 0 saturated heterocycles. The molecule has 0 bridgehead atoms. The molecule has 0 heterocycles. The number of esters is 2. The molecular formula is C55H111NO5. The molecule has 0 radical (unpaired) electrons. The Kier molecular flexibility index (Phi) is 51.6. The van der Waals surface area contributed by atoms with Crippen molar-refractivity contribution >= 4 is 17.8 Å². The molecule has 366 valence electrons. The van der Waals surface area contributed by atoms with Gasteiger partial charge in [-0.25, -0.2) is 0 Å². The first-order valence-corrected chi connectivity index (χ1v) is 26.9. The van der Waals surface area contributed by atoms with Crippen LogP contribution < -0.4 is 0 Å². The Hall–Kier alpha value is -1.59. The fraction of sp³-hybridized carbons (Fsp3) is 0.945. The summed E-state index contributed by atoms with van der Waals surface area (Å²) in [5.41, 5.74) is 0. The second-order valence-corrected chi connectivity index (χ2v) is 18.3. The van der Waals surface area contributed by atoms with Crippen molar-refractivity contribution in [2.24, 2.45) is 5.92 Å². The number of hydrogen-bond donors (Lipinski definition) is 0. The summed E-state index contributed by atoms with van der Waals surface area (Å²) in [6.45, 7) is 17.6. The first-order chi connectivity index (χ1) is 29.2. The van der Waals surface area contributed by atoms with Gasteiger partial charge in [-0.2, -0.15) is 0 Å². The average molecular weight is 866 g/mol. The van der Waals surface area contributed by atoms with E-state index in [0.717, 1.165) is 83.0 Å². The van der Waals surface area contributed by atoms with Gasteiger partial charge >= 0.3 is 11.9 Å². The summed E-state index contributed by atoms with van der Waals surface area (Å²) < 4.78 is 12.3. The Labute approximate surface area is 383 Å². The van der Waals surface area contributed by atoms with Crippen molar-refractivity contribution in [3.8, 4) is 0 Å². The summed E-state index contributed by atoms with van der Waals surface area (Å²) in [6.07, 6.45) is 40.9. The van der Waals surface area contributed by atoms with E-state index in [2.05, 4.69) is 41.5 Å². The zero-order valence-electron chi connectivity index (χ0n) is 42.2. The molecule has 0 fully saturated rings. The Morgan fingerprint density at radius 3 is 1.07 bits per heavy atom.